The molecule has 8 fully saturated rings. The number of hydrogen-bond acceptors (Lipinski definition) is 4. The van der Waals surface area contributed by atoms with Gasteiger partial charge in [0.15, 0.2) is 0 Å². The minimum atomic E-state index is 0.493. The van der Waals surface area contributed by atoms with Crippen molar-refractivity contribution in [3.63, 3.8) is 0 Å². The third-order valence-corrected chi connectivity index (χ3v) is 10.1. The normalized spacial score (nSPS) is 67.4. The maximum Gasteiger partial charge on any atom is 0.0876 e. The fourth-order valence-corrected chi connectivity index (χ4v) is 9.28. The van der Waals surface area contributed by atoms with Crippen LogP contribution in [0, 0.1) is 47.3 Å². The number of epoxide rings is 2. The molecule has 0 unspecified atom stereocenters. The summed E-state index contributed by atoms with van der Waals surface area (Å²) in [5.74, 6) is 7.05. The fourth-order valence-electron chi connectivity index (χ4n) is 9.28. The van der Waals surface area contributed by atoms with Gasteiger partial charge in [0.1, 0.15) is 0 Å². The smallest absolute Gasteiger partial charge is 0.0876 e. The molecule has 4 nitrogen and oxygen atoms in total. The van der Waals surface area contributed by atoms with E-state index in [1.165, 1.54) is 38.5 Å². The minimum Gasteiger partial charge on any atom is -0.376 e. The Labute approximate surface area is 155 Å². The van der Waals surface area contributed by atoms with Gasteiger partial charge in [-0.1, -0.05) is 0 Å². The number of hydrogen-bond donors (Lipinski definition) is 0. The molecule has 0 N–H and O–H groups in total. The Morgan fingerprint density at radius 1 is 0.577 bits per heavy atom. The minimum absolute atomic E-state index is 0.493. The van der Waals surface area contributed by atoms with E-state index < -0.39 is 0 Å². The van der Waals surface area contributed by atoms with E-state index in [2.05, 4.69) is 0 Å². The summed E-state index contributed by atoms with van der Waals surface area (Å²) in [6.45, 7) is 1.59. The van der Waals surface area contributed by atoms with Crippen molar-refractivity contribution in [2.45, 2.75) is 75.1 Å². The lowest BCUT2D eigenvalue weighted by atomic mass is 9.79. The lowest BCUT2D eigenvalue weighted by Gasteiger charge is -2.34. The molecular formula is C22H30O4. The third kappa shape index (κ3) is 1.81. The molecule has 2 aliphatic heterocycles. The van der Waals surface area contributed by atoms with Crippen molar-refractivity contribution in [3.05, 3.63) is 0 Å². The van der Waals surface area contributed by atoms with Gasteiger partial charge in [0.25, 0.3) is 0 Å². The molecule has 0 aromatic carbocycles. The SMILES string of the molecule is C(CO[C@@H]1C[C@H]2C[C@H]1[C@@H]1[C@@H]2C[C@H]2O[C@H]12)O[C@@H]1C[C@@H]2C[C@@H]1[C@@H]1[C@@H]2C[C@H]2O[C@H]12. The molecule has 0 spiro atoms. The van der Waals surface area contributed by atoms with Crippen LogP contribution < -0.4 is 0 Å². The topological polar surface area (TPSA) is 43.5 Å². The average molecular weight is 358 g/mol. The molecule has 0 amide bonds. The van der Waals surface area contributed by atoms with Crippen molar-refractivity contribution in [2.75, 3.05) is 13.2 Å². The highest BCUT2D eigenvalue weighted by Gasteiger charge is 2.67. The van der Waals surface area contributed by atoms with E-state index in [1.54, 1.807) is 0 Å². The summed E-state index contributed by atoms with van der Waals surface area (Å²) in [6, 6.07) is 0. The lowest BCUT2D eigenvalue weighted by Crippen LogP contribution is -2.36. The molecule has 2 heterocycles. The molecule has 8 aliphatic rings. The summed E-state index contributed by atoms with van der Waals surface area (Å²) in [6.07, 6.45) is 11.6. The van der Waals surface area contributed by atoms with Gasteiger partial charge in [-0.15, -0.1) is 0 Å². The summed E-state index contributed by atoms with van der Waals surface area (Å²) in [4.78, 5) is 0. The second kappa shape index (κ2) is 4.87. The van der Waals surface area contributed by atoms with Crippen molar-refractivity contribution >= 4 is 0 Å². The van der Waals surface area contributed by atoms with Gasteiger partial charge < -0.3 is 18.9 Å². The van der Waals surface area contributed by atoms with Crippen LogP contribution in [0.4, 0.5) is 0 Å². The zero-order valence-electron chi connectivity index (χ0n) is 15.4. The second-order valence-corrected chi connectivity index (χ2v) is 10.8. The van der Waals surface area contributed by atoms with E-state index in [0.29, 0.717) is 36.6 Å². The third-order valence-electron chi connectivity index (χ3n) is 10.1. The van der Waals surface area contributed by atoms with E-state index in [4.69, 9.17) is 18.9 Å². The van der Waals surface area contributed by atoms with Gasteiger partial charge in [-0.2, -0.15) is 0 Å². The van der Waals surface area contributed by atoms with Gasteiger partial charge in [0.05, 0.1) is 49.8 Å². The van der Waals surface area contributed by atoms with Gasteiger partial charge in [-0.25, -0.2) is 0 Å². The molecule has 4 heteroatoms. The van der Waals surface area contributed by atoms with Crippen LogP contribution in [-0.4, -0.2) is 49.8 Å². The number of ether oxygens (including phenoxy) is 4. The highest BCUT2D eigenvalue weighted by atomic mass is 16.6. The molecule has 4 bridgehead atoms. The van der Waals surface area contributed by atoms with E-state index >= 15 is 0 Å². The lowest BCUT2D eigenvalue weighted by molar-refractivity contribution is -0.0752. The van der Waals surface area contributed by atoms with Crippen molar-refractivity contribution < 1.29 is 18.9 Å². The van der Waals surface area contributed by atoms with Crippen LogP contribution in [-0.2, 0) is 18.9 Å². The van der Waals surface area contributed by atoms with Gasteiger partial charge in [0.2, 0.25) is 0 Å². The van der Waals surface area contributed by atoms with Crippen LogP contribution in [0.3, 0.4) is 0 Å². The van der Waals surface area contributed by atoms with Crippen LogP contribution in [0.25, 0.3) is 0 Å². The van der Waals surface area contributed by atoms with Crippen LogP contribution in [0.15, 0.2) is 0 Å². The largest absolute Gasteiger partial charge is 0.376 e. The maximum absolute atomic E-state index is 6.36. The molecule has 26 heavy (non-hydrogen) atoms. The standard InChI is InChI=1S/C22H30O4/c1(23-15-5-9-3-13(15)19-11(9)7-17-21(19)25-17)2-24-16-6-10-4-14(16)20-12(10)8-18-22(20)26-18/h9-22H,1-8H2/t9-,10+,11-,12-,13-,14+,15-,16-,17-,18-,19+,20+,21+,22+/m1/s1. The molecule has 142 valence electrons. The Morgan fingerprint density at radius 3 is 1.58 bits per heavy atom. The summed E-state index contributed by atoms with van der Waals surface area (Å²) in [7, 11) is 0. The van der Waals surface area contributed by atoms with Crippen molar-refractivity contribution in [1.82, 2.24) is 0 Å². The first-order valence-corrected chi connectivity index (χ1v) is 11.4. The summed E-state index contributed by atoms with van der Waals surface area (Å²) >= 11 is 0. The van der Waals surface area contributed by atoms with Crippen LogP contribution >= 0.6 is 0 Å². The number of fused-ring (bicyclic) bond motifs is 14. The molecule has 0 radical (unpaired) electrons. The van der Waals surface area contributed by atoms with Gasteiger partial charge in [-0.3, -0.25) is 0 Å². The highest BCUT2D eigenvalue weighted by Crippen LogP contribution is 2.65. The predicted molar refractivity (Wildman–Crippen MR) is 92.4 cm³/mol. The first-order valence-electron chi connectivity index (χ1n) is 11.4. The number of rotatable bonds is 5. The van der Waals surface area contributed by atoms with Crippen LogP contribution in [0.2, 0.25) is 0 Å². The monoisotopic (exact) mass is 358 g/mol. The molecule has 0 aromatic heterocycles. The maximum atomic E-state index is 6.36. The van der Waals surface area contributed by atoms with Crippen molar-refractivity contribution in [2.24, 2.45) is 47.3 Å². The molecular weight excluding hydrogens is 328 g/mol. The van der Waals surface area contributed by atoms with Gasteiger partial charge >= 0.3 is 0 Å². The Bertz CT molecular complexity index is 584. The average Bonchev–Trinajstić information content (AvgIpc) is 3.19. The van der Waals surface area contributed by atoms with E-state index in [9.17, 15) is 0 Å². The Balaban J connectivity index is 0.860. The molecule has 0 aromatic rings. The van der Waals surface area contributed by atoms with E-state index in [-0.39, 0.29) is 0 Å². The predicted octanol–water partition coefficient (Wildman–Crippen LogP) is 2.64. The van der Waals surface area contributed by atoms with E-state index in [1.807, 2.05) is 0 Å². The molecule has 6 aliphatic carbocycles. The summed E-state index contributed by atoms with van der Waals surface area (Å²) in [5.41, 5.74) is 0. The first-order chi connectivity index (χ1) is 12.8. The Kier molecular flexibility index (Phi) is 2.77. The molecule has 14 atom stereocenters. The van der Waals surface area contributed by atoms with Crippen molar-refractivity contribution in [3.8, 4) is 0 Å². The van der Waals surface area contributed by atoms with Crippen LogP contribution in [0.1, 0.15) is 38.5 Å². The van der Waals surface area contributed by atoms with Gasteiger partial charge in [-0.05, 0) is 85.9 Å². The van der Waals surface area contributed by atoms with Crippen LogP contribution in [0.5, 0.6) is 0 Å². The zero-order chi connectivity index (χ0) is 16.6. The quantitative estimate of drug-likeness (QED) is 0.560. The zero-order valence-corrected chi connectivity index (χ0v) is 15.4. The molecule has 2 saturated heterocycles. The second-order valence-electron chi connectivity index (χ2n) is 10.8. The first kappa shape index (κ1) is 14.8. The van der Waals surface area contributed by atoms with Gasteiger partial charge in [0, 0.05) is 0 Å². The summed E-state index contributed by atoms with van der Waals surface area (Å²) < 4.78 is 24.4. The Hall–Kier alpha value is -0.160. The highest BCUT2D eigenvalue weighted by molar-refractivity contribution is 5.15. The molecule has 6 saturated carbocycles. The van der Waals surface area contributed by atoms with E-state index in [0.717, 1.165) is 60.6 Å². The molecule has 8 rings (SSSR count). The fraction of sp³-hybridized carbons (Fsp3) is 1.00. The van der Waals surface area contributed by atoms with Crippen molar-refractivity contribution in [1.29, 1.82) is 0 Å². The Morgan fingerprint density at radius 2 is 1.08 bits per heavy atom. The summed E-state index contributed by atoms with van der Waals surface area (Å²) in [5, 5.41) is 0.